The van der Waals surface area contributed by atoms with Crippen molar-refractivity contribution in [2.45, 2.75) is 13.3 Å². The van der Waals surface area contributed by atoms with E-state index >= 15 is 0 Å². The summed E-state index contributed by atoms with van der Waals surface area (Å²) >= 11 is 4.71. The summed E-state index contributed by atoms with van der Waals surface area (Å²) in [6.45, 7) is 2.10. The number of H-pyrrole nitrogens is 1. The van der Waals surface area contributed by atoms with E-state index in [4.69, 9.17) is 0 Å². The second-order valence-corrected chi connectivity index (χ2v) is 7.86. The molecule has 1 aliphatic rings. The Hall–Kier alpha value is -2.33. The summed E-state index contributed by atoms with van der Waals surface area (Å²) in [7, 11) is 0. The van der Waals surface area contributed by atoms with Crippen LogP contribution in [0.15, 0.2) is 22.7 Å². The third-order valence-electron chi connectivity index (χ3n) is 4.01. The minimum absolute atomic E-state index is 0.120. The van der Waals surface area contributed by atoms with Gasteiger partial charge >= 0.3 is 0 Å². The first-order valence-electron chi connectivity index (χ1n) is 7.56. The first-order chi connectivity index (χ1) is 12.0. The zero-order valence-electron chi connectivity index (χ0n) is 13.1. The lowest BCUT2D eigenvalue weighted by Gasteiger charge is -2.13. The van der Waals surface area contributed by atoms with Gasteiger partial charge in [-0.2, -0.15) is 5.10 Å². The molecule has 1 aliphatic heterocycles. The molecule has 2 aromatic heterocycles. The number of aromatic nitrogens is 4. The second-order valence-electron chi connectivity index (χ2n) is 5.76. The maximum Gasteiger partial charge on any atom is 0.231 e. The zero-order chi connectivity index (χ0) is 17.6. The van der Waals surface area contributed by atoms with Crippen LogP contribution < -0.4 is 10.2 Å². The highest BCUT2D eigenvalue weighted by Crippen LogP contribution is 2.31. The Bertz CT molecular complexity index is 983. The highest BCUT2D eigenvalue weighted by atomic mass is 79.9. The molecule has 1 aromatic carbocycles. The Balaban J connectivity index is 1.54. The number of carbonyl (C=O) groups excluding carboxylic acids is 2. The van der Waals surface area contributed by atoms with Gasteiger partial charge in [-0.15, -0.1) is 10.2 Å². The number of aryl methyl sites for hydroxylation is 1. The second kappa shape index (κ2) is 6.19. The van der Waals surface area contributed by atoms with Gasteiger partial charge in [-0.25, -0.2) is 0 Å². The maximum atomic E-state index is 12.4. The fourth-order valence-electron chi connectivity index (χ4n) is 2.83. The van der Waals surface area contributed by atoms with Crippen molar-refractivity contribution in [3.05, 3.63) is 27.7 Å². The molecule has 8 nitrogen and oxygen atoms in total. The molecule has 128 valence electrons. The van der Waals surface area contributed by atoms with Gasteiger partial charge in [0.1, 0.15) is 5.01 Å². The van der Waals surface area contributed by atoms with Crippen LogP contribution in [0.5, 0.6) is 0 Å². The van der Waals surface area contributed by atoms with Crippen LogP contribution >= 0.6 is 27.3 Å². The lowest BCUT2D eigenvalue weighted by molar-refractivity contribution is -0.122. The third kappa shape index (κ3) is 3.02. The quantitative estimate of drug-likeness (QED) is 0.676. The molecule has 1 saturated heterocycles. The van der Waals surface area contributed by atoms with Crippen molar-refractivity contribution in [2.75, 3.05) is 16.8 Å². The SMILES string of the molecule is Cc1nnc(NC(=O)[C@@H]2CC(=O)N(c3n[nH]c4cc(Br)ccc34)C2)s1. The molecule has 4 rings (SSSR count). The lowest BCUT2D eigenvalue weighted by Crippen LogP contribution is -2.28. The molecule has 2 amide bonds. The number of aromatic amines is 1. The summed E-state index contributed by atoms with van der Waals surface area (Å²) in [5.74, 6) is -0.243. The van der Waals surface area contributed by atoms with Crippen LogP contribution in [0.25, 0.3) is 10.9 Å². The molecule has 0 spiro atoms. The van der Waals surface area contributed by atoms with Gasteiger partial charge in [0.15, 0.2) is 5.82 Å². The molecule has 10 heteroatoms. The number of amides is 2. The van der Waals surface area contributed by atoms with E-state index in [-0.39, 0.29) is 18.2 Å². The molecule has 0 aliphatic carbocycles. The van der Waals surface area contributed by atoms with Crippen molar-refractivity contribution in [2.24, 2.45) is 5.92 Å². The molecule has 0 radical (unpaired) electrons. The van der Waals surface area contributed by atoms with Crippen LogP contribution in [0.4, 0.5) is 10.9 Å². The minimum atomic E-state index is -0.445. The van der Waals surface area contributed by atoms with Crippen LogP contribution in [0.2, 0.25) is 0 Å². The van der Waals surface area contributed by atoms with E-state index in [9.17, 15) is 9.59 Å². The number of carbonyl (C=O) groups is 2. The number of nitrogens with one attached hydrogen (secondary N) is 2. The van der Waals surface area contributed by atoms with Gasteiger partial charge in [-0.3, -0.25) is 19.6 Å². The van der Waals surface area contributed by atoms with Crippen molar-refractivity contribution in [3.8, 4) is 0 Å². The molecule has 0 unspecified atom stereocenters. The number of fused-ring (bicyclic) bond motifs is 1. The smallest absolute Gasteiger partial charge is 0.231 e. The van der Waals surface area contributed by atoms with Crippen molar-refractivity contribution in [3.63, 3.8) is 0 Å². The Morgan fingerprint density at radius 1 is 1.44 bits per heavy atom. The third-order valence-corrected chi connectivity index (χ3v) is 5.26. The Kier molecular flexibility index (Phi) is 4.00. The molecule has 2 N–H and O–H groups in total. The van der Waals surface area contributed by atoms with Gasteiger partial charge in [-0.05, 0) is 25.1 Å². The average Bonchev–Trinajstić information content (AvgIpc) is 3.25. The topological polar surface area (TPSA) is 104 Å². The van der Waals surface area contributed by atoms with E-state index in [1.165, 1.54) is 11.3 Å². The van der Waals surface area contributed by atoms with E-state index in [0.29, 0.717) is 17.5 Å². The molecule has 25 heavy (non-hydrogen) atoms. The van der Waals surface area contributed by atoms with E-state index in [0.717, 1.165) is 20.4 Å². The van der Waals surface area contributed by atoms with E-state index in [1.807, 2.05) is 25.1 Å². The number of benzene rings is 1. The normalized spacial score (nSPS) is 17.4. The zero-order valence-corrected chi connectivity index (χ0v) is 15.5. The Labute approximate surface area is 154 Å². The lowest BCUT2D eigenvalue weighted by atomic mass is 10.1. The standard InChI is InChI=1S/C15H13BrN6O2S/c1-7-18-21-15(25-7)17-14(24)8-4-12(23)22(6-8)13-10-3-2-9(16)5-11(10)19-20-13/h2-3,5,8H,4,6H2,1H3,(H,19,20)(H,17,21,24)/t8-/m1/s1. The average molecular weight is 421 g/mol. The van der Waals surface area contributed by atoms with Crippen molar-refractivity contribution in [1.29, 1.82) is 0 Å². The summed E-state index contributed by atoms with van der Waals surface area (Å²) < 4.78 is 0.924. The molecular formula is C15H13BrN6O2S. The van der Waals surface area contributed by atoms with E-state index < -0.39 is 5.92 Å². The van der Waals surface area contributed by atoms with Crippen molar-refractivity contribution in [1.82, 2.24) is 20.4 Å². The van der Waals surface area contributed by atoms with Gasteiger partial charge in [0.05, 0.1) is 11.4 Å². The van der Waals surface area contributed by atoms with Crippen molar-refractivity contribution >= 4 is 60.9 Å². The first kappa shape index (κ1) is 16.2. The predicted octanol–water partition coefficient (Wildman–Crippen LogP) is 2.48. The number of rotatable bonds is 3. The largest absolute Gasteiger partial charge is 0.300 e. The van der Waals surface area contributed by atoms with Gasteiger partial charge in [0.25, 0.3) is 0 Å². The maximum absolute atomic E-state index is 12.4. The summed E-state index contributed by atoms with van der Waals surface area (Å²) in [5, 5.41) is 19.7. The molecular weight excluding hydrogens is 408 g/mol. The Morgan fingerprint density at radius 3 is 3.04 bits per heavy atom. The predicted molar refractivity (Wildman–Crippen MR) is 97.5 cm³/mol. The highest BCUT2D eigenvalue weighted by molar-refractivity contribution is 9.10. The minimum Gasteiger partial charge on any atom is -0.300 e. The number of halogens is 1. The monoisotopic (exact) mass is 420 g/mol. The molecule has 3 heterocycles. The highest BCUT2D eigenvalue weighted by Gasteiger charge is 2.37. The summed E-state index contributed by atoms with van der Waals surface area (Å²) in [5.41, 5.74) is 0.828. The summed E-state index contributed by atoms with van der Waals surface area (Å²) in [6, 6.07) is 5.68. The number of hydrogen-bond donors (Lipinski definition) is 2. The fraction of sp³-hybridized carbons (Fsp3) is 0.267. The number of hydrogen-bond acceptors (Lipinski definition) is 6. The van der Waals surface area contributed by atoms with Gasteiger partial charge in [0.2, 0.25) is 16.9 Å². The van der Waals surface area contributed by atoms with Gasteiger partial charge in [0, 0.05) is 22.8 Å². The molecule has 1 atom stereocenters. The van der Waals surface area contributed by atoms with Crippen LogP contribution in [0, 0.1) is 12.8 Å². The fourth-order valence-corrected chi connectivity index (χ4v) is 3.78. The molecule has 3 aromatic rings. The van der Waals surface area contributed by atoms with Crippen LogP contribution in [-0.2, 0) is 9.59 Å². The van der Waals surface area contributed by atoms with Crippen molar-refractivity contribution < 1.29 is 9.59 Å². The van der Waals surface area contributed by atoms with Gasteiger partial charge in [-0.1, -0.05) is 27.3 Å². The number of anilines is 2. The first-order valence-corrected chi connectivity index (χ1v) is 9.17. The molecule has 0 bridgehead atoms. The van der Waals surface area contributed by atoms with E-state index in [1.54, 1.807) is 4.90 Å². The number of nitrogens with zero attached hydrogens (tertiary/aromatic N) is 4. The van der Waals surface area contributed by atoms with Crippen LogP contribution in [-0.4, -0.2) is 38.8 Å². The summed E-state index contributed by atoms with van der Waals surface area (Å²) in [4.78, 5) is 26.4. The Morgan fingerprint density at radius 2 is 2.28 bits per heavy atom. The van der Waals surface area contributed by atoms with E-state index in [2.05, 4.69) is 41.6 Å². The van der Waals surface area contributed by atoms with Gasteiger partial charge < -0.3 is 5.32 Å². The summed E-state index contributed by atoms with van der Waals surface area (Å²) in [6.07, 6.45) is 0.147. The van der Waals surface area contributed by atoms with Crippen LogP contribution in [0.1, 0.15) is 11.4 Å². The molecule has 0 saturated carbocycles. The molecule has 1 fully saturated rings. The van der Waals surface area contributed by atoms with Crippen LogP contribution in [0.3, 0.4) is 0 Å².